The number of nitrogens with zero attached hydrogens (tertiary/aromatic N) is 3. The molecule has 1 atom stereocenters. The van der Waals surface area contributed by atoms with Gasteiger partial charge in [-0.05, 0) is 57.2 Å². The Labute approximate surface area is 208 Å². The number of hydrogen-bond donors (Lipinski definition) is 2. The van der Waals surface area contributed by atoms with E-state index in [0.717, 1.165) is 19.1 Å². The van der Waals surface area contributed by atoms with E-state index in [1.807, 2.05) is 0 Å². The van der Waals surface area contributed by atoms with Gasteiger partial charge >= 0.3 is 12.4 Å². The number of halogens is 6. The standard InChI is InChI=1S/C25H24F6N4O2/c1-14(24(26,27)28)6-7-15(2)33-21-11-17(13-37-12-16(3)36)34-23-18(21)8-9-20(35-23)22-19(25(29,30)31)5-4-10-32-22/h4-11,16,36H,12-13H2,1-3H3,(H,33,34,35)/b14-6+,15-7+. The number of fused-ring (bicyclic) bond motifs is 1. The number of ether oxygens (including phenoxy) is 1. The number of hydrogen-bond acceptors (Lipinski definition) is 6. The number of nitrogens with one attached hydrogen (secondary N) is 1. The predicted octanol–water partition coefficient (Wildman–Crippen LogP) is 6.43. The molecule has 0 bridgehead atoms. The molecule has 3 rings (SSSR count). The van der Waals surface area contributed by atoms with Crippen LogP contribution in [0.3, 0.4) is 0 Å². The summed E-state index contributed by atoms with van der Waals surface area (Å²) in [6, 6.07) is 6.54. The summed E-state index contributed by atoms with van der Waals surface area (Å²) < 4.78 is 84.4. The van der Waals surface area contributed by atoms with Crippen LogP contribution < -0.4 is 5.32 Å². The number of aromatic nitrogens is 3. The highest BCUT2D eigenvalue weighted by Gasteiger charge is 2.34. The van der Waals surface area contributed by atoms with Gasteiger partial charge in [0.15, 0.2) is 5.65 Å². The number of allylic oxidation sites excluding steroid dienone is 4. The Balaban J connectivity index is 2.07. The van der Waals surface area contributed by atoms with Crippen molar-refractivity contribution in [2.45, 2.75) is 45.8 Å². The van der Waals surface area contributed by atoms with Crippen molar-refractivity contribution in [3.05, 3.63) is 71.2 Å². The predicted molar refractivity (Wildman–Crippen MR) is 126 cm³/mol. The van der Waals surface area contributed by atoms with Crippen molar-refractivity contribution >= 4 is 16.7 Å². The maximum atomic E-state index is 13.5. The Morgan fingerprint density at radius 3 is 2.46 bits per heavy atom. The minimum atomic E-state index is -4.65. The summed E-state index contributed by atoms with van der Waals surface area (Å²) in [5, 5.41) is 12.8. The van der Waals surface area contributed by atoms with E-state index in [0.29, 0.717) is 22.5 Å². The van der Waals surface area contributed by atoms with Crippen molar-refractivity contribution in [2.24, 2.45) is 0 Å². The molecule has 3 heterocycles. The fourth-order valence-electron chi connectivity index (χ4n) is 3.24. The molecule has 0 amide bonds. The van der Waals surface area contributed by atoms with Gasteiger partial charge in [0.1, 0.15) is 5.69 Å². The zero-order valence-corrected chi connectivity index (χ0v) is 20.1. The zero-order valence-electron chi connectivity index (χ0n) is 20.1. The number of aliphatic hydroxyl groups excluding tert-OH is 1. The monoisotopic (exact) mass is 526 g/mol. The van der Waals surface area contributed by atoms with Gasteiger partial charge < -0.3 is 15.2 Å². The van der Waals surface area contributed by atoms with Crippen LogP contribution >= 0.6 is 0 Å². The minimum Gasteiger partial charge on any atom is -0.391 e. The van der Waals surface area contributed by atoms with Gasteiger partial charge in [0.05, 0.1) is 42.0 Å². The first-order valence-corrected chi connectivity index (χ1v) is 11.0. The van der Waals surface area contributed by atoms with Crippen LogP contribution in [0.2, 0.25) is 0 Å². The summed E-state index contributed by atoms with van der Waals surface area (Å²) in [6.07, 6.45) is -6.45. The summed E-state index contributed by atoms with van der Waals surface area (Å²) in [5.74, 6) is 0. The molecule has 3 aromatic rings. The molecular weight excluding hydrogens is 502 g/mol. The van der Waals surface area contributed by atoms with Gasteiger partial charge in [-0.15, -0.1) is 0 Å². The largest absolute Gasteiger partial charge is 0.418 e. The number of pyridine rings is 3. The highest BCUT2D eigenvalue weighted by atomic mass is 19.4. The molecular formula is C25H24F6N4O2. The van der Waals surface area contributed by atoms with Crippen molar-refractivity contribution in [3.63, 3.8) is 0 Å². The topological polar surface area (TPSA) is 80.2 Å². The van der Waals surface area contributed by atoms with Crippen LogP contribution in [-0.2, 0) is 17.5 Å². The smallest absolute Gasteiger partial charge is 0.391 e. The third-order valence-corrected chi connectivity index (χ3v) is 5.05. The van der Waals surface area contributed by atoms with Crippen molar-refractivity contribution in [1.82, 2.24) is 15.0 Å². The van der Waals surface area contributed by atoms with E-state index in [-0.39, 0.29) is 30.2 Å². The quantitative estimate of drug-likeness (QED) is 0.260. The van der Waals surface area contributed by atoms with E-state index >= 15 is 0 Å². The molecule has 0 aromatic carbocycles. The zero-order chi connectivity index (χ0) is 27.4. The highest BCUT2D eigenvalue weighted by molar-refractivity contribution is 5.91. The fourth-order valence-corrected chi connectivity index (χ4v) is 3.24. The van der Waals surface area contributed by atoms with Gasteiger partial charge in [0.2, 0.25) is 0 Å². The number of rotatable bonds is 8. The summed E-state index contributed by atoms with van der Waals surface area (Å²) >= 11 is 0. The van der Waals surface area contributed by atoms with Gasteiger partial charge in [-0.3, -0.25) is 4.98 Å². The average Bonchev–Trinajstić information content (AvgIpc) is 2.80. The first kappa shape index (κ1) is 28.1. The van der Waals surface area contributed by atoms with Crippen LogP contribution in [0, 0.1) is 0 Å². The Bertz CT molecular complexity index is 1320. The lowest BCUT2D eigenvalue weighted by molar-refractivity contribution is -0.137. The van der Waals surface area contributed by atoms with Crippen molar-refractivity contribution in [2.75, 3.05) is 11.9 Å². The summed E-state index contributed by atoms with van der Waals surface area (Å²) in [4.78, 5) is 12.5. The molecule has 0 aliphatic carbocycles. The van der Waals surface area contributed by atoms with Crippen molar-refractivity contribution in [3.8, 4) is 11.4 Å². The van der Waals surface area contributed by atoms with Gasteiger partial charge in [0.25, 0.3) is 0 Å². The number of aliphatic hydroxyl groups is 1. The van der Waals surface area contributed by atoms with Crippen molar-refractivity contribution < 1.29 is 36.2 Å². The molecule has 0 saturated carbocycles. The minimum absolute atomic E-state index is 0.0132. The van der Waals surface area contributed by atoms with Crippen molar-refractivity contribution in [1.29, 1.82) is 0 Å². The molecule has 0 aliphatic heterocycles. The molecule has 12 heteroatoms. The first-order chi connectivity index (χ1) is 17.3. The Morgan fingerprint density at radius 1 is 1.08 bits per heavy atom. The molecule has 198 valence electrons. The van der Waals surface area contributed by atoms with Gasteiger partial charge in [0, 0.05) is 22.9 Å². The Hall–Kier alpha value is -3.51. The third-order valence-electron chi connectivity index (χ3n) is 5.05. The maximum absolute atomic E-state index is 13.5. The van der Waals surface area contributed by atoms with Crippen LogP contribution in [0.4, 0.5) is 32.0 Å². The van der Waals surface area contributed by atoms with E-state index < -0.39 is 29.6 Å². The third kappa shape index (κ3) is 7.49. The summed E-state index contributed by atoms with van der Waals surface area (Å²) in [6.45, 7) is 4.00. The average molecular weight is 526 g/mol. The first-order valence-electron chi connectivity index (χ1n) is 11.0. The molecule has 2 N–H and O–H groups in total. The lowest BCUT2D eigenvalue weighted by atomic mass is 10.1. The van der Waals surface area contributed by atoms with E-state index in [9.17, 15) is 31.4 Å². The van der Waals surface area contributed by atoms with Gasteiger partial charge in [-0.2, -0.15) is 26.3 Å². The highest BCUT2D eigenvalue weighted by Crippen LogP contribution is 2.36. The number of anilines is 1. The lowest BCUT2D eigenvalue weighted by Gasteiger charge is -2.15. The van der Waals surface area contributed by atoms with Crippen LogP contribution in [0.1, 0.15) is 32.0 Å². The maximum Gasteiger partial charge on any atom is 0.418 e. The van der Waals surface area contributed by atoms with E-state index in [2.05, 4.69) is 20.3 Å². The second-order valence-electron chi connectivity index (χ2n) is 8.31. The molecule has 0 radical (unpaired) electrons. The molecule has 0 spiro atoms. The van der Waals surface area contributed by atoms with E-state index in [1.165, 1.54) is 37.4 Å². The fraction of sp³-hybridized carbons (Fsp3) is 0.320. The molecule has 0 fully saturated rings. The molecule has 0 saturated heterocycles. The van der Waals surface area contributed by atoms with Crippen LogP contribution in [0.15, 0.2) is 60.0 Å². The van der Waals surface area contributed by atoms with E-state index in [1.54, 1.807) is 13.0 Å². The molecule has 3 aromatic heterocycles. The summed E-state index contributed by atoms with van der Waals surface area (Å²) in [7, 11) is 0. The van der Waals surface area contributed by atoms with Crippen LogP contribution in [-0.4, -0.2) is 38.9 Å². The number of alkyl halides is 6. The van der Waals surface area contributed by atoms with E-state index in [4.69, 9.17) is 4.74 Å². The lowest BCUT2D eigenvalue weighted by Crippen LogP contribution is -2.11. The molecule has 6 nitrogen and oxygen atoms in total. The molecule has 1 unspecified atom stereocenters. The van der Waals surface area contributed by atoms with Gasteiger partial charge in [-0.25, -0.2) is 9.97 Å². The Morgan fingerprint density at radius 2 is 1.81 bits per heavy atom. The Kier molecular flexibility index (Phi) is 8.54. The SMILES string of the molecule is C/C(=C\C=C(/C)C(F)(F)F)Nc1cc(COCC(C)O)nc2nc(-c3ncccc3C(F)(F)F)ccc12. The molecule has 37 heavy (non-hydrogen) atoms. The second-order valence-corrected chi connectivity index (χ2v) is 8.31. The second kappa shape index (κ2) is 11.3. The van der Waals surface area contributed by atoms with Crippen LogP contribution in [0.5, 0.6) is 0 Å². The van der Waals surface area contributed by atoms with Gasteiger partial charge in [-0.1, -0.05) is 6.08 Å². The summed E-state index contributed by atoms with van der Waals surface area (Å²) in [5.41, 5.74) is -0.989. The molecule has 0 aliphatic rings. The van der Waals surface area contributed by atoms with Crippen LogP contribution in [0.25, 0.3) is 22.4 Å². The normalized spacial score (nSPS) is 14.2.